The van der Waals surface area contributed by atoms with Gasteiger partial charge in [0.25, 0.3) is 5.91 Å². The van der Waals surface area contributed by atoms with Gasteiger partial charge in [-0.3, -0.25) is 4.79 Å². The highest BCUT2D eigenvalue weighted by molar-refractivity contribution is 7.13. The van der Waals surface area contributed by atoms with Gasteiger partial charge in [-0.1, -0.05) is 11.6 Å². The first-order valence-corrected chi connectivity index (χ1v) is 7.94. The van der Waals surface area contributed by atoms with Crippen LogP contribution in [-0.2, 0) is 0 Å². The largest absolute Gasteiger partial charge is 0.497 e. The van der Waals surface area contributed by atoms with Gasteiger partial charge >= 0.3 is 0 Å². The van der Waals surface area contributed by atoms with Crippen LogP contribution in [0.15, 0.2) is 48.0 Å². The van der Waals surface area contributed by atoms with Gasteiger partial charge in [0.05, 0.1) is 12.1 Å². The van der Waals surface area contributed by atoms with Gasteiger partial charge < -0.3 is 10.1 Å². The summed E-state index contributed by atoms with van der Waals surface area (Å²) >= 11 is 7.17. The van der Waals surface area contributed by atoms with Crippen LogP contribution in [0.25, 0.3) is 10.6 Å². The Morgan fingerprint density at radius 3 is 2.65 bits per heavy atom. The molecule has 0 atom stereocenters. The number of carbonyl (C=O) groups is 1. The predicted octanol–water partition coefficient (Wildman–Crippen LogP) is 4.12. The van der Waals surface area contributed by atoms with Crippen molar-refractivity contribution in [2.24, 2.45) is 0 Å². The quantitative estimate of drug-likeness (QED) is 0.772. The summed E-state index contributed by atoms with van der Waals surface area (Å²) < 4.78 is 5.13. The molecule has 0 saturated heterocycles. The van der Waals surface area contributed by atoms with Crippen molar-refractivity contribution in [1.29, 1.82) is 0 Å². The molecule has 0 aliphatic carbocycles. The van der Waals surface area contributed by atoms with Crippen LogP contribution in [-0.4, -0.2) is 23.0 Å². The second-order valence-corrected chi connectivity index (χ2v) is 5.88. The third-order valence-electron chi connectivity index (χ3n) is 3.04. The average molecular weight is 346 g/mol. The Morgan fingerprint density at radius 2 is 2.00 bits per heavy atom. The molecule has 2 heterocycles. The number of nitrogens with one attached hydrogen (secondary N) is 1. The van der Waals surface area contributed by atoms with Gasteiger partial charge in [-0.15, -0.1) is 11.3 Å². The van der Waals surface area contributed by atoms with Crippen molar-refractivity contribution in [3.63, 3.8) is 0 Å². The lowest BCUT2D eigenvalue weighted by atomic mass is 10.2. The van der Waals surface area contributed by atoms with Crippen LogP contribution < -0.4 is 10.1 Å². The maximum atomic E-state index is 12.2. The lowest BCUT2D eigenvalue weighted by Crippen LogP contribution is -2.13. The van der Waals surface area contributed by atoms with Crippen LogP contribution in [0.2, 0.25) is 5.02 Å². The zero-order chi connectivity index (χ0) is 16.2. The molecule has 0 aliphatic rings. The average Bonchev–Trinajstić information content (AvgIpc) is 3.07. The minimum Gasteiger partial charge on any atom is -0.497 e. The van der Waals surface area contributed by atoms with Crippen LogP contribution >= 0.6 is 22.9 Å². The van der Waals surface area contributed by atoms with Crippen molar-refractivity contribution in [2.75, 3.05) is 12.4 Å². The molecule has 5 nitrogen and oxygen atoms in total. The molecule has 0 aliphatic heterocycles. The monoisotopic (exact) mass is 345 g/mol. The number of halogens is 1. The molecule has 1 N–H and O–H groups in total. The number of ether oxygens (including phenoxy) is 1. The molecule has 116 valence electrons. The van der Waals surface area contributed by atoms with E-state index in [1.54, 1.807) is 24.6 Å². The van der Waals surface area contributed by atoms with E-state index in [4.69, 9.17) is 16.3 Å². The number of nitrogens with zero attached hydrogens (tertiary/aromatic N) is 2. The number of hydrogen-bond acceptors (Lipinski definition) is 5. The van der Waals surface area contributed by atoms with E-state index in [0.717, 1.165) is 16.3 Å². The first-order chi connectivity index (χ1) is 11.2. The highest BCUT2D eigenvalue weighted by Crippen LogP contribution is 2.26. The van der Waals surface area contributed by atoms with Crippen LogP contribution in [0.1, 0.15) is 10.5 Å². The summed E-state index contributed by atoms with van der Waals surface area (Å²) in [5.74, 6) is 0.895. The molecule has 0 fully saturated rings. The normalized spacial score (nSPS) is 10.3. The number of aromatic nitrogens is 2. The molecule has 0 radical (unpaired) electrons. The van der Waals surface area contributed by atoms with Crippen LogP contribution in [0.3, 0.4) is 0 Å². The van der Waals surface area contributed by atoms with Crippen molar-refractivity contribution in [3.8, 4) is 16.3 Å². The molecule has 3 rings (SSSR count). The smallest absolute Gasteiger partial charge is 0.276 e. The Kier molecular flexibility index (Phi) is 4.55. The van der Waals surface area contributed by atoms with Gasteiger partial charge in [0.15, 0.2) is 0 Å². The summed E-state index contributed by atoms with van der Waals surface area (Å²) in [6.45, 7) is 0. The number of carbonyl (C=O) groups excluding carboxylic acids is 1. The van der Waals surface area contributed by atoms with Crippen LogP contribution in [0.5, 0.6) is 5.75 Å². The number of hydrogen-bond donors (Lipinski definition) is 1. The molecule has 7 heteroatoms. The predicted molar refractivity (Wildman–Crippen MR) is 91.3 cm³/mol. The van der Waals surface area contributed by atoms with Gasteiger partial charge in [-0.2, -0.15) is 0 Å². The molecular formula is C16H12ClN3O2S. The van der Waals surface area contributed by atoms with Gasteiger partial charge in [0.2, 0.25) is 0 Å². The molecule has 0 spiro atoms. The molecule has 0 saturated carbocycles. The molecule has 1 aromatic carbocycles. The van der Waals surface area contributed by atoms with E-state index in [9.17, 15) is 4.79 Å². The standard InChI is InChI=1S/C16H12ClN3O2S/c1-22-12-5-2-10(3-6-12)16-19-13(9-23-16)15(21)20-14-7-4-11(17)8-18-14/h2-9H,1H3,(H,18,20,21). The summed E-state index contributed by atoms with van der Waals surface area (Å²) in [6.07, 6.45) is 1.47. The molecule has 3 aromatic rings. The van der Waals surface area contributed by atoms with Gasteiger partial charge in [0, 0.05) is 17.1 Å². The fraction of sp³-hybridized carbons (Fsp3) is 0.0625. The fourth-order valence-electron chi connectivity index (χ4n) is 1.87. The van der Waals surface area contributed by atoms with Crippen molar-refractivity contribution < 1.29 is 9.53 Å². The van der Waals surface area contributed by atoms with Gasteiger partial charge in [0.1, 0.15) is 22.3 Å². The summed E-state index contributed by atoms with van der Waals surface area (Å²) in [6, 6.07) is 10.8. The zero-order valence-electron chi connectivity index (χ0n) is 12.1. The minimum absolute atomic E-state index is 0.309. The summed E-state index contributed by atoms with van der Waals surface area (Å²) in [5.41, 5.74) is 1.28. The highest BCUT2D eigenvalue weighted by atomic mass is 35.5. The Labute approximate surface area is 141 Å². The summed E-state index contributed by atoms with van der Waals surface area (Å²) in [5, 5.41) is 5.68. The lowest BCUT2D eigenvalue weighted by molar-refractivity contribution is 0.102. The first-order valence-electron chi connectivity index (χ1n) is 6.68. The van der Waals surface area contributed by atoms with Crippen LogP contribution in [0, 0.1) is 0 Å². The third-order valence-corrected chi connectivity index (χ3v) is 4.16. The minimum atomic E-state index is -0.309. The number of pyridine rings is 1. The Morgan fingerprint density at radius 1 is 1.22 bits per heavy atom. The fourth-order valence-corrected chi connectivity index (χ4v) is 2.79. The lowest BCUT2D eigenvalue weighted by Gasteiger charge is -2.02. The molecule has 23 heavy (non-hydrogen) atoms. The number of methoxy groups -OCH3 is 1. The highest BCUT2D eigenvalue weighted by Gasteiger charge is 2.12. The van der Waals surface area contributed by atoms with E-state index in [0.29, 0.717) is 16.5 Å². The van der Waals surface area contributed by atoms with Crippen molar-refractivity contribution in [1.82, 2.24) is 9.97 Å². The van der Waals surface area contributed by atoms with Crippen molar-refractivity contribution in [3.05, 3.63) is 58.7 Å². The van der Waals surface area contributed by atoms with Crippen molar-refractivity contribution in [2.45, 2.75) is 0 Å². The van der Waals surface area contributed by atoms with Crippen LogP contribution in [0.4, 0.5) is 5.82 Å². The van der Waals surface area contributed by atoms with E-state index in [-0.39, 0.29) is 5.91 Å². The Balaban J connectivity index is 1.75. The number of benzene rings is 1. The Hall–Kier alpha value is -2.44. The van der Waals surface area contributed by atoms with Crippen molar-refractivity contribution >= 4 is 34.7 Å². The first kappa shape index (κ1) is 15.5. The number of anilines is 1. The van der Waals surface area contributed by atoms with E-state index in [1.807, 2.05) is 24.3 Å². The molecule has 1 amide bonds. The van der Waals surface area contributed by atoms with Gasteiger partial charge in [-0.25, -0.2) is 9.97 Å². The SMILES string of the molecule is COc1ccc(-c2nc(C(=O)Nc3ccc(Cl)cn3)cs2)cc1. The third kappa shape index (κ3) is 3.67. The molecule has 0 unspecified atom stereocenters. The second kappa shape index (κ2) is 6.76. The maximum absolute atomic E-state index is 12.2. The summed E-state index contributed by atoms with van der Waals surface area (Å²) in [4.78, 5) is 20.6. The topological polar surface area (TPSA) is 64.1 Å². The molecule has 0 bridgehead atoms. The van der Waals surface area contributed by atoms with E-state index < -0.39 is 0 Å². The van der Waals surface area contributed by atoms with E-state index in [2.05, 4.69) is 15.3 Å². The Bertz CT molecular complexity index is 816. The zero-order valence-corrected chi connectivity index (χ0v) is 13.7. The number of rotatable bonds is 4. The van der Waals surface area contributed by atoms with E-state index >= 15 is 0 Å². The molecule has 2 aromatic heterocycles. The number of amides is 1. The molecular weight excluding hydrogens is 334 g/mol. The number of thiazole rings is 1. The van der Waals surface area contributed by atoms with E-state index in [1.165, 1.54) is 17.5 Å². The maximum Gasteiger partial charge on any atom is 0.276 e. The second-order valence-electron chi connectivity index (χ2n) is 4.58. The summed E-state index contributed by atoms with van der Waals surface area (Å²) in [7, 11) is 1.62. The van der Waals surface area contributed by atoms with Gasteiger partial charge in [-0.05, 0) is 36.4 Å².